The van der Waals surface area contributed by atoms with Gasteiger partial charge in [0.05, 0.1) is 12.1 Å². The third-order valence-corrected chi connectivity index (χ3v) is 7.02. The first-order chi connectivity index (χ1) is 13.5. The van der Waals surface area contributed by atoms with Gasteiger partial charge in [-0.1, -0.05) is 41.7 Å². The molecule has 0 aliphatic carbocycles. The van der Waals surface area contributed by atoms with Gasteiger partial charge in [0.1, 0.15) is 4.38 Å². The molecule has 7 nitrogen and oxygen atoms in total. The molecule has 0 bridgehead atoms. The van der Waals surface area contributed by atoms with Crippen LogP contribution in [-0.2, 0) is 20.1 Å². The van der Waals surface area contributed by atoms with Gasteiger partial charge in [0.2, 0.25) is 5.91 Å². The van der Waals surface area contributed by atoms with E-state index < -0.39 is 5.97 Å². The molecule has 2 aliphatic rings. The highest BCUT2D eigenvalue weighted by molar-refractivity contribution is 8.38. The normalized spacial score (nSPS) is 17.3. The summed E-state index contributed by atoms with van der Waals surface area (Å²) in [5.41, 5.74) is 6.64. The third-order valence-electron chi connectivity index (χ3n) is 4.72. The van der Waals surface area contributed by atoms with Crippen molar-refractivity contribution in [1.29, 1.82) is 0 Å². The van der Waals surface area contributed by atoms with Crippen molar-refractivity contribution in [3.8, 4) is 0 Å². The van der Waals surface area contributed by atoms with Crippen LogP contribution in [0.25, 0.3) is 0 Å². The monoisotopic (exact) mass is 421 g/mol. The van der Waals surface area contributed by atoms with E-state index in [1.165, 1.54) is 0 Å². The summed E-state index contributed by atoms with van der Waals surface area (Å²) in [6, 6.07) is 7.26. The Kier molecular flexibility index (Phi) is 7.38. The summed E-state index contributed by atoms with van der Waals surface area (Å²) in [5, 5.41) is 0. The fraction of sp³-hybridized carbons (Fsp3) is 0.474. The first-order valence-corrected chi connectivity index (χ1v) is 11.1. The van der Waals surface area contributed by atoms with Crippen molar-refractivity contribution in [2.24, 2.45) is 16.6 Å². The standard InChI is InChI=1S/C19H23N3O4S2/c20-17(24)13-5-8-22(9-6-13)16(23)11-26-18(25)15-4-2-1-3-14(15)12-28-19-21-7-10-27-19/h1-4,13H,5-12H2,(H2,20,24). The fourth-order valence-corrected chi connectivity index (χ4v) is 5.11. The van der Waals surface area contributed by atoms with Crippen molar-refractivity contribution in [1.82, 2.24) is 4.90 Å². The number of rotatable bonds is 6. The molecule has 0 spiro atoms. The Balaban J connectivity index is 1.50. The lowest BCUT2D eigenvalue weighted by atomic mass is 9.96. The average Bonchev–Trinajstić information content (AvgIpc) is 3.24. The van der Waals surface area contributed by atoms with Crippen LogP contribution in [0.4, 0.5) is 0 Å². The van der Waals surface area contributed by atoms with Crippen molar-refractivity contribution in [3.05, 3.63) is 35.4 Å². The van der Waals surface area contributed by atoms with Crippen LogP contribution in [-0.4, -0.2) is 59.1 Å². The van der Waals surface area contributed by atoms with E-state index >= 15 is 0 Å². The molecule has 28 heavy (non-hydrogen) atoms. The molecule has 2 amide bonds. The predicted octanol–water partition coefficient (Wildman–Crippen LogP) is 1.90. The number of primary amides is 1. The highest BCUT2D eigenvalue weighted by Gasteiger charge is 2.26. The number of hydrogen-bond acceptors (Lipinski definition) is 7. The molecule has 0 aromatic heterocycles. The van der Waals surface area contributed by atoms with E-state index in [9.17, 15) is 14.4 Å². The number of nitrogens with zero attached hydrogens (tertiary/aromatic N) is 2. The third kappa shape index (κ3) is 5.51. The van der Waals surface area contributed by atoms with Crippen molar-refractivity contribution in [3.63, 3.8) is 0 Å². The van der Waals surface area contributed by atoms with E-state index in [2.05, 4.69) is 4.99 Å². The molecule has 0 saturated carbocycles. The Morgan fingerprint density at radius 1 is 1.25 bits per heavy atom. The first-order valence-electron chi connectivity index (χ1n) is 9.16. The highest BCUT2D eigenvalue weighted by atomic mass is 32.2. The summed E-state index contributed by atoms with van der Waals surface area (Å²) < 4.78 is 6.30. The number of esters is 1. The maximum absolute atomic E-state index is 12.5. The van der Waals surface area contributed by atoms with Crippen LogP contribution in [0.3, 0.4) is 0 Å². The molecule has 150 valence electrons. The second-order valence-corrected chi connectivity index (χ2v) is 8.88. The molecule has 9 heteroatoms. The Morgan fingerprint density at radius 3 is 2.68 bits per heavy atom. The van der Waals surface area contributed by atoms with Gasteiger partial charge in [-0.25, -0.2) is 4.79 Å². The smallest absolute Gasteiger partial charge is 0.338 e. The molecule has 2 heterocycles. The predicted molar refractivity (Wildman–Crippen MR) is 111 cm³/mol. The minimum atomic E-state index is -0.502. The minimum Gasteiger partial charge on any atom is -0.452 e. The summed E-state index contributed by atoms with van der Waals surface area (Å²) in [7, 11) is 0. The zero-order chi connectivity index (χ0) is 19.9. The number of ether oxygens (including phenoxy) is 1. The lowest BCUT2D eigenvalue weighted by Crippen LogP contribution is -2.43. The van der Waals surface area contributed by atoms with Gasteiger partial charge in [-0.2, -0.15) is 0 Å². The largest absolute Gasteiger partial charge is 0.452 e. The molecular weight excluding hydrogens is 398 g/mol. The number of likely N-dealkylation sites (tertiary alicyclic amines) is 1. The van der Waals surface area contributed by atoms with Crippen molar-refractivity contribution in [2.45, 2.75) is 18.6 Å². The molecule has 2 N–H and O–H groups in total. The number of aliphatic imine (C=N–C) groups is 1. The van der Waals surface area contributed by atoms with Gasteiger partial charge in [-0.3, -0.25) is 14.6 Å². The molecule has 1 saturated heterocycles. The van der Waals surface area contributed by atoms with Gasteiger partial charge in [0.15, 0.2) is 6.61 Å². The topological polar surface area (TPSA) is 102 Å². The number of piperidine rings is 1. The maximum atomic E-state index is 12.5. The second kappa shape index (κ2) is 9.97. The Labute approximate surface area is 172 Å². The molecule has 1 aromatic rings. The number of thioether (sulfide) groups is 2. The molecule has 0 radical (unpaired) electrons. The van der Waals surface area contributed by atoms with Gasteiger partial charge in [-0.05, 0) is 24.5 Å². The lowest BCUT2D eigenvalue weighted by Gasteiger charge is -2.30. The van der Waals surface area contributed by atoms with E-state index in [0.29, 0.717) is 37.2 Å². The first kappa shape index (κ1) is 20.7. The van der Waals surface area contributed by atoms with E-state index in [1.54, 1.807) is 40.6 Å². The molecule has 3 rings (SSSR count). The van der Waals surface area contributed by atoms with Crippen molar-refractivity contribution >= 4 is 45.7 Å². The SMILES string of the molecule is NC(=O)C1CCN(C(=O)COC(=O)c2ccccc2CSC2=NCCS2)CC1. The Bertz CT molecular complexity index is 776. The van der Waals surface area contributed by atoms with E-state index in [1.807, 2.05) is 12.1 Å². The van der Waals surface area contributed by atoms with Gasteiger partial charge in [-0.15, -0.1) is 0 Å². The fourth-order valence-electron chi connectivity index (χ4n) is 3.10. The van der Waals surface area contributed by atoms with Crippen molar-refractivity contribution < 1.29 is 19.1 Å². The zero-order valence-electron chi connectivity index (χ0n) is 15.5. The van der Waals surface area contributed by atoms with E-state index in [4.69, 9.17) is 10.5 Å². The lowest BCUT2D eigenvalue weighted by molar-refractivity contribution is -0.137. The van der Waals surface area contributed by atoms with Crippen LogP contribution >= 0.6 is 23.5 Å². The maximum Gasteiger partial charge on any atom is 0.338 e. The number of benzene rings is 1. The summed E-state index contributed by atoms with van der Waals surface area (Å²) in [6.45, 7) is 1.45. The van der Waals surface area contributed by atoms with Gasteiger partial charge >= 0.3 is 5.97 Å². The minimum absolute atomic E-state index is 0.182. The van der Waals surface area contributed by atoms with Crippen LogP contribution < -0.4 is 5.73 Å². The summed E-state index contributed by atoms with van der Waals surface area (Å²) in [5.74, 6) is 0.377. The molecular formula is C19H23N3O4S2. The Hall–Kier alpha value is -2.00. The zero-order valence-corrected chi connectivity index (χ0v) is 17.1. The Morgan fingerprint density at radius 2 is 2.00 bits per heavy atom. The van der Waals surface area contributed by atoms with Gasteiger partial charge in [0.25, 0.3) is 5.91 Å². The van der Waals surface area contributed by atoms with Crippen LogP contribution in [0.2, 0.25) is 0 Å². The van der Waals surface area contributed by atoms with Crippen LogP contribution in [0.1, 0.15) is 28.8 Å². The number of carbonyl (C=O) groups excluding carboxylic acids is 3. The number of carbonyl (C=O) groups is 3. The quantitative estimate of drug-likeness (QED) is 0.704. The van der Waals surface area contributed by atoms with Crippen LogP contribution in [0, 0.1) is 5.92 Å². The van der Waals surface area contributed by atoms with Gasteiger partial charge in [0, 0.05) is 30.5 Å². The summed E-state index contributed by atoms with van der Waals surface area (Å²) in [6.07, 6.45) is 1.11. The average molecular weight is 422 g/mol. The van der Waals surface area contributed by atoms with Crippen LogP contribution in [0.5, 0.6) is 0 Å². The molecule has 2 aliphatic heterocycles. The summed E-state index contributed by atoms with van der Waals surface area (Å²) >= 11 is 3.34. The van der Waals surface area contributed by atoms with Crippen LogP contribution in [0.15, 0.2) is 29.3 Å². The molecule has 0 unspecified atom stereocenters. The summed E-state index contributed by atoms with van der Waals surface area (Å²) in [4.78, 5) is 42.0. The second-order valence-electron chi connectivity index (χ2n) is 6.58. The number of nitrogens with two attached hydrogens (primary N) is 1. The van der Waals surface area contributed by atoms with Gasteiger partial charge < -0.3 is 15.4 Å². The molecule has 1 aromatic carbocycles. The molecule has 0 atom stereocenters. The number of hydrogen-bond donors (Lipinski definition) is 1. The highest BCUT2D eigenvalue weighted by Crippen LogP contribution is 2.26. The number of amides is 2. The van der Waals surface area contributed by atoms with E-state index in [0.717, 1.165) is 22.2 Å². The molecule has 1 fully saturated rings. The van der Waals surface area contributed by atoms with Crippen molar-refractivity contribution in [2.75, 3.05) is 32.0 Å². The van der Waals surface area contributed by atoms with E-state index in [-0.39, 0.29) is 24.3 Å².